The zero-order valence-electron chi connectivity index (χ0n) is 10.0. The van der Waals surface area contributed by atoms with Crippen LogP contribution in [0, 0.1) is 5.41 Å². The van der Waals surface area contributed by atoms with Gasteiger partial charge in [0.25, 0.3) is 0 Å². The molecule has 2 fully saturated rings. The normalized spacial score (nSPS) is 35.4. The molecule has 2 unspecified atom stereocenters. The molecule has 0 bridgehead atoms. The highest BCUT2D eigenvalue weighted by Gasteiger charge is 2.44. The van der Waals surface area contributed by atoms with E-state index >= 15 is 0 Å². The first-order valence-corrected chi connectivity index (χ1v) is 7.27. The van der Waals surface area contributed by atoms with E-state index in [-0.39, 0.29) is 0 Å². The molecule has 2 N–H and O–H groups in total. The van der Waals surface area contributed by atoms with Crippen LogP contribution in [0.5, 0.6) is 0 Å². The van der Waals surface area contributed by atoms with Crippen LogP contribution in [-0.4, -0.2) is 41.6 Å². The summed E-state index contributed by atoms with van der Waals surface area (Å²) in [6.45, 7) is 8.20. The first-order valence-electron chi connectivity index (χ1n) is 6.23. The van der Waals surface area contributed by atoms with E-state index in [1.54, 1.807) is 0 Å². The third-order valence-corrected chi connectivity index (χ3v) is 5.52. The summed E-state index contributed by atoms with van der Waals surface area (Å²) in [6, 6.07) is 0.749. The van der Waals surface area contributed by atoms with Gasteiger partial charge in [0.05, 0.1) is 0 Å². The van der Waals surface area contributed by atoms with Gasteiger partial charge in [0.15, 0.2) is 0 Å². The second-order valence-corrected chi connectivity index (χ2v) is 6.81. The van der Waals surface area contributed by atoms with Gasteiger partial charge in [-0.1, -0.05) is 6.92 Å². The van der Waals surface area contributed by atoms with Gasteiger partial charge in [0.1, 0.15) is 0 Å². The molecule has 88 valence electrons. The standard InChI is InChI=1S/C12H24N2S/c1-10-11(2)15-8-7-14(10)9-12(3-4-12)5-6-13/h10-11H,3-9,13H2,1-2H3. The topological polar surface area (TPSA) is 29.3 Å². The van der Waals surface area contributed by atoms with Crippen molar-refractivity contribution in [3.63, 3.8) is 0 Å². The molecule has 2 rings (SSSR count). The van der Waals surface area contributed by atoms with E-state index in [9.17, 15) is 0 Å². The Bertz CT molecular complexity index is 216. The van der Waals surface area contributed by atoms with Gasteiger partial charge in [-0.15, -0.1) is 0 Å². The Morgan fingerprint density at radius 3 is 2.73 bits per heavy atom. The quantitative estimate of drug-likeness (QED) is 0.797. The van der Waals surface area contributed by atoms with E-state index in [1.165, 1.54) is 38.1 Å². The zero-order chi connectivity index (χ0) is 10.9. The first-order chi connectivity index (χ1) is 7.17. The molecule has 15 heavy (non-hydrogen) atoms. The van der Waals surface area contributed by atoms with Gasteiger partial charge in [-0.05, 0) is 38.1 Å². The van der Waals surface area contributed by atoms with Crippen LogP contribution in [0.2, 0.25) is 0 Å². The predicted octanol–water partition coefficient (Wildman–Crippen LogP) is 1.94. The molecule has 0 radical (unpaired) electrons. The maximum Gasteiger partial charge on any atom is 0.0184 e. The molecule has 1 saturated carbocycles. The largest absolute Gasteiger partial charge is 0.330 e. The number of hydrogen-bond acceptors (Lipinski definition) is 3. The number of nitrogens with two attached hydrogens (primary N) is 1. The van der Waals surface area contributed by atoms with E-state index in [1.807, 2.05) is 0 Å². The van der Waals surface area contributed by atoms with Gasteiger partial charge in [-0.2, -0.15) is 11.8 Å². The second-order valence-electron chi connectivity index (χ2n) is 5.33. The summed E-state index contributed by atoms with van der Waals surface area (Å²) < 4.78 is 0. The van der Waals surface area contributed by atoms with Crippen LogP contribution in [0.4, 0.5) is 0 Å². The highest BCUT2D eigenvalue weighted by atomic mass is 32.2. The zero-order valence-corrected chi connectivity index (χ0v) is 10.9. The van der Waals surface area contributed by atoms with Gasteiger partial charge in [0.2, 0.25) is 0 Å². The van der Waals surface area contributed by atoms with Gasteiger partial charge >= 0.3 is 0 Å². The number of rotatable bonds is 4. The molecule has 0 aromatic heterocycles. The van der Waals surface area contributed by atoms with Crippen LogP contribution in [-0.2, 0) is 0 Å². The Morgan fingerprint density at radius 2 is 2.13 bits per heavy atom. The number of hydrogen-bond donors (Lipinski definition) is 1. The molecule has 2 atom stereocenters. The second kappa shape index (κ2) is 4.64. The third kappa shape index (κ3) is 2.69. The maximum atomic E-state index is 5.70. The highest BCUT2D eigenvalue weighted by molar-refractivity contribution is 8.00. The summed E-state index contributed by atoms with van der Waals surface area (Å²) in [5.41, 5.74) is 6.31. The summed E-state index contributed by atoms with van der Waals surface area (Å²) in [5.74, 6) is 1.31. The van der Waals surface area contributed by atoms with E-state index in [4.69, 9.17) is 5.73 Å². The smallest absolute Gasteiger partial charge is 0.0184 e. The lowest BCUT2D eigenvalue weighted by atomic mass is 10.0. The Kier molecular flexibility index (Phi) is 3.63. The molecular formula is C12H24N2S. The minimum Gasteiger partial charge on any atom is -0.330 e. The molecule has 0 aromatic carbocycles. The Hall–Kier alpha value is 0.270. The van der Waals surface area contributed by atoms with E-state index in [0.29, 0.717) is 5.41 Å². The van der Waals surface area contributed by atoms with Crippen LogP contribution >= 0.6 is 11.8 Å². The lowest BCUT2D eigenvalue weighted by Crippen LogP contribution is -2.47. The summed E-state index contributed by atoms with van der Waals surface area (Å²) in [5, 5.41) is 0.799. The minimum atomic E-state index is 0.616. The summed E-state index contributed by atoms with van der Waals surface area (Å²) in [4.78, 5) is 2.70. The fourth-order valence-corrected chi connectivity index (χ4v) is 3.78. The maximum absolute atomic E-state index is 5.70. The minimum absolute atomic E-state index is 0.616. The van der Waals surface area contributed by atoms with Crippen LogP contribution in [0.3, 0.4) is 0 Å². The van der Waals surface area contributed by atoms with Crippen molar-refractivity contribution in [2.45, 2.75) is 44.4 Å². The fourth-order valence-electron chi connectivity index (χ4n) is 2.62. The Labute approximate surface area is 98.0 Å². The number of thioether (sulfide) groups is 1. The molecule has 1 aliphatic carbocycles. The molecule has 1 saturated heterocycles. The Morgan fingerprint density at radius 1 is 1.40 bits per heavy atom. The van der Waals surface area contributed by atoms with Gasteiger partial charge < -0.3 is 5.73 Å². The molecule has 0 spiro atoms. The van der Waals surface area contributed by atoms with Crippen LogP contribution in [0.15, 0.2) is 0 Å². The van der Waals surface area contributed by atoms with Crippen molar-refractivity contribution < 1.29 is 0 Å². The molecule has 3 heteroatoms. The summed E-state index contributed by atoms with van der Waals surface area (Å²) in [6.07, 6.45) is 4.06. The van der Waals surface area contributed by atoms with Crippen LogP contribution in [0.1, 0.15) is 33.1 Å². The van der Waals surface area contributed by atoms with Crippen molar-refractivity contribution in [2.24, 2.45) is 11.1 Å². The SMILES string of the molecule is CC1SCCN(CC2(CCN)CC2)C1C. The molecule has 2 nitrogen and oxygen atoms in total. The Balaban J connectivity index is 1.88. The molecule has 1 aliphatic heterocycles. The summed E-state index contributed by atoms with van der Waals surface area (Å²) >= 11 is 2.12. The molecule has 1 heterocycles. The lowest BCUT2D eigenvalue weighted by Gasteiger charge is -2.39. The third-order valence-electron chi connectivity index (χ3n) is 4.18. The van der Waals surface area contributed by atoms with Crippen molar-refractivity contribution in [2.75, 3.05) is 25.4 Å². The molecular weight excluding hydrogens is 204 g/mol. The van der Waals surface area contributed by atoms with Gasteiger partial charge in [-0.25, -0.2) is 0 Å². The van der Waals surface area contributed by atoms with E-state index in [2.05, 4.69) is 30.5 Å². The average Bonchev–Trinajstić information content (AvgIpc) is 2.94. The summed E-state index contributed by atoms with van der Waals surface area (Å²) in [7, 11) is 0. The van der Waals surface area contributed by atoms with Crippen molar-refractivity contribution >= 4 is 11.8 Å². The first kappa shape index (κ1) is 11.7. The molecule has 0 aromatic rings. The lowest BCUT2D eigenvalue weighted by molar-refractivity contribution is 0.167. The van der Waals surface area contributed by atoms with E-state index < -0.39 is 0 Å². The predicted molar refractivity (Wildman–Crippen MR) is 68.3 cm³/mol. The van der Waals surface area contributed by atoms with Crippen molar-refractivity contribution in [3.8, 4) is 0 Å². The van der Waals surface area contributed by atoms with Crippen molar-refractivity contribution in [3.05, 3.63) is 0 Å². The van der Waals surface area contributed by atoms with Crippen LogP contribution < -0.4 is 5.73 Å². The highest BCUT2D eigenvalue weighted by Crippen LogP contribution is 2.49. The van der Waals surface area contributed by atoms with Crippen molar-refractivity contribution in [1.29, 1.82) is 0 Å². The van der Waals surface area contributed by atoms with E-state index in [0.717, 1.165) is 17.8 Å². The molecule has 2 aliphatic rings. The molecule has 0 amide bonds. The van der Waals surface area contributed by atoms with Gasteiger partial charge in [-0.3, -0.25) is 4.90 Å². The monoisotopic (exact) mass is 228 g/mol. The fraction of sp³-hybridized carbons (Fsp3) is 1.00. The average molecular weight is 228 g/mol. The van der Waals surface area contributed by atoms with Gasteiger partial charge in [0, 0.05) is 30.1 Å². The van der Waals surface area contributed by atoms with Crippen LogP contribution in [0.25, 0.3) is 0 Å². The van der Waals surface area contributed by atoms with Crippen molar-refractivity contribution in [1.82, 2.24) is 4.90 Å². The number of nitrogens with zero attached hydrogens (tertiary/aromatic N) is 1.